The van der Waals surface area contributed by atoms with Crippen LogP contribution in [0.5, 0.6) is 0 Å². The minimum absolute atomic E-state index is 0.0139. The zero-order valence-electron chi connectivity index (χ0n) is 13.2. The van der Waals surface area contributed by atoms with Gasteiger partial charge >= 0.3 is 0 Å². The van der Waals surface area contributed by atoms with Crippen LogP contribution in [0, 0.1) is 23.2 Å². The molecule has 1 aromatic rings. The monoisotopic (exact) mass is 331 g/mol. The van der Waals surface area contributed by atoms with E-state index in [0.717, 1.165) is 24.9 Å². The van der Waals surface area contributed by atoms with Crippen molar-refractivity contribution in [2.75, 3.05) is 25.0 Å². The Kier molecular flexibility index (Phi) is 5.20. The molecule has 23 heavy (non-hydrogen) atoms. The summed E-state index contributed by atoms with van der Waals surface area (Å²) in [6, 6.07) is 6.99. The number of hydrogen-bond acceptors (Lipinski definition) is 3. The Bertz CT molecular complexity index is 625. The molecule has 4 nitrogen and oxygen atoms in total. The van der Waals surface area contributed by atoms with E-state index >= 15 is 0 Å². The maximum absolute atomic E-state index is 12.2. The van der Waals surface area contributed by atoms with Gasteiger partial charge in [0, 0.05) is 12.2 Å². The molecule has 1 aliphatic heterocycles. The summed E-state index contributed by atoms with van der Waals surface area (Å²) in [5.41, 5.74) is 1.07. The fourth-order valence-corrected chi connectivity index (χ4v) is 4.13. The second kappa shape index (κ2) is 7.33. The lowest BCUT2D eigenvalue weighted by Gasteiger charge is -2.41. The Morgan fingerprint density at radius 3 is 2.83 bits per heavy atom. The lowest BCUT2D eigenvalue weighted by Crippen LogP contribution is -2.44. The van der Waals surface area contributed by atoms with Crippen LogP contribution < -0.4 is 5.32 Å². The lowest BCUT2D eigenvalue weighted by molar-refractivity contribution is -0.118. The van der Waals surface area contributed by atoms with Crippen LogP contribution in [0.2, 0.25) is 5.02 Å². The van der Waals surface area contributed by atoms with Crippen LogP contribution >= 0.6 is 11.6 Å². The number of halogens is 1. The summed E-state index contributed by atoms with van der Waals surface area (Å²) in [6.07, 6.45) is 6.62. The Balaban J connectivity index is 1.53. The maximum Gasteiger partial charge on any atom is 0.238 e. The summed E-state index contributed by atoms with van der Waals surface area (Å²) in [7, 11) is 0. The quantitative estimate of drug-likeness (QED) is 0.919. The highest BCUT2D eigenvalue weighted by Gasteiger charge is 2.31. The average Bonchev–Trinajstić information content (AvgIpc) is 2.55. The van der Waals surface area contributed by atoms with E-state index in [-0.39, 0.29) is 5.91 Å². The molecular weight excluding hydrogens is 310 g/mol. The Hall–Kier alpha value is -1.57. The third kappa shape index (κ3) is 4.04. The van der Waals surface area contributed by atoms with Crippen molar-refractivity contribution >= 4 is 23.2 Å². The SMILES string of the molecule is N#Cc1ccc(NC(=O)CN2CC[C@H]3CCCC[C@@H]3C2)cc1Cl. The third-order valence-electron chi connectivity index (χ3n) is 5.12. The average molecular weight is 332 g/mol. The summed E-state index contributed by atoms with van der Waals surface area (Å²) >= 11 is 6.00. The first-order chi connectivity index (χ1) is 11.2. The number of piperidine rings is 1. The van der Waals surface area contributed by atoms with Gasteiger partial charge in [0.2, 0.25) is 5.91 Å². The molecule has 1 N–H and O–H groups in total. The minimum atomic E-state index is -0.0139. The molecule has 2 fully saturated rings. The molecule has 1 heterocycles. The number of anilines is 1. The van der Waals surface area contributed by atoms with Crippen LogP contribution in [0.25, 0.3) is 0 Å². The van der Waals surface area contributed by atoms with E-state index in [2.05, 4.69) is 10.2 Å². The zero-order valence-corrected chi connectivity index (χ0v) is 14.0. The van der Waals surface area contributed by atoms with Gasteiger partial charge in [-0.15, -0.1) is 0 Å². The highest BCUT2D eigenvalue weighted by molar-refractivity contribution is 6.32. The van der Waals surface area contributed by atoms with Crippen LogP contribution in [-0.4, -0.2) is 30.4 Å². The molecule has 122 valence electrons. The maximum atomic E-state index is 12.2. The zero-order chi connectivity index (χ0) is 16.2. The highest BCUT2D eigenvalue weighted by Crippen LogP contribution is 2.35. The predicted octanol–water partition coefficient (Wildman–Crippen LogP) is 3.66. The smallest absolute Gasteiger partial charge is 0.238 e. The third-order valence-corrected chi connectivity index (χ3v) is 5.43. The van der Waals surface area contributed by atoms with Crippen molar-refractivity contribution in [3.8, 4) is 6.07 Å². The van der Waals surface area contributed by atoms with Gasteiger partial charge in [-0.05, 0) is 49.4 Å². The van der Waals surface area contributed by atoms with E-state index in [1.807, 2.05) is 6.07 Å². The largest absolute Gasteiger partial charge is 0.325 e. The summed E-state index contributed by atoms with van der Waals surface area (Å²) in [5, 5.41) is 12.1. The van der Waals surface area contributed by atoms with Crippen LogP contribution in [0.15, 0.2) is 18.2 Å². The molecule has 1 saturated heterocycles. The number of likely N-dealkylation sites (tertiary alicyclic amines) is 1. The van der Waals surface area contributed by atoms with Gasteiger partial charge in [0.15, 0.2) is 0 Å². The van der Waals surface area contributed by atoms with Crippen LogP contribution in [0.3, 0.4) is 0 Å². The van der Waals surface area contributed by atoms with Crippen molar-refractivity contribution in [2.45, 2.75) is 32.1 Å². The summed E-state index contributed by atoms with van der Waals surface area (Å²) in [5.74, 6) is 1.63. The van der Waals surface area contributed by atoms with E-state index in [1.165, 1.54) is 32.1 Å². The van der Waals surface area contributed by atoms with Crippen molar-refractivity contribution in [3.63, 3.8) is 0 Å². The molecule has 1 aliphatic carbocycles. The van der Waals surface area contributed by atoms with Gasteiger partial charge in [-0.2, -0.15) is 5.26 Å². The number of nitrogens with zero attached hydrogens (tertiary/aromatic N) is 2. The van der Waals surface area contributed by atoms with E-state index in [0.29, 0.717) is 22.8 Å². The molecule has 2 atom stereocenters. The van der Waals surface area contributed by atoms with Crippen LogP contribution in [0.1, 0.15) is 37.7 Å². The van der Waals surface area contributed by atoms with Gasteiger partial charge in [0.1, 0.15) is 6.07 Å². The number of amides is 1. The molecule has 0 unspecified atom stereocenters. The summed E-state index contributed by atoms with van der Waals surface area (Å²) in [4.78, 5) is 14.5. The van der Waals surface area contributed by atoms with E-state index in [1.54, 1.807) is 18.2 Å². The Morgan fingerprint density at radius 1 is 1.30 bits per heavy atom. The molecule has 0 bridgehead atoms. The van der Waals surface area contributed by atoms with E-state index in [4.69, 9.17) is 16.9 Å². The number of nitrogens with one attached hydrogen (secondary N) is 1. The predicted molar refractivity (Wildman–Crippen MR) is 91.3 cm³/mol. The van der Waals surface area contributed by atoms with Crippen molar-refractivity contribution in [3.05, 3.63) is 28.8 Å². The molecular formula is C18H22ClN3O. The van der Waals surface area contributed by atoms with Gasteiger partial charge in [-0.1, -0.05) is 30.9 Å². The molecule has 0 aromatic heterocycles. The van der Waals surface area contributed by atoms with Gasteiger partial charge in [0.05, 0.1) is 17.1 Å². The van der Waals surface area contributed by atoms with Gasteiger partial charge < -0.3 is 5.32 Å². The first-order valence-electron chi connectivity index (χ1n) is 8.37. The van der Waals surface area contributed by atoms with E-state index < -0.39 is 0 Å². The fraction of sp³-hybridized carbons (Fsp3) is 0.556. The fourth-order valence-electron chi connectivity index (χ4n) is 3.91. The standard InChI is InChI=1S/C18H22ClN3O/c19-17-9-16(6-5-14(17)10-20)21-18(23)12-22-8-7-13-3-1-2-4-15(13)11-22/h5-6,9,13,15H,1-4,7-8,11-12H2,(H,21,23)/t13-,15-/m1/s1. The molecule has 1 saturated carbocycles. The van der Waals surface area contributed by atoms with E-state index in [9.17, 15) is 4.79 Å². The topological polar surface area (TPSA) is 56.1 Å². The van der Waals surface area contributed by atoms with Crippen molar-refractivity contribution < 1.29 is 4.79 Å². The second-order valence-corrected chi connectivity index (χ2v) is 7.09. The van der Waals surface area contributed by atoms with Crippen molar-refractivity contribution in [2.24, 2.45) is 11.8 Å². The molecule has 0 spiro atoms. The van der Waals surface area contributed by atoms with Crippen molar-refractivity contribution in [1.82, 2.24) is 4.90 Å². The van der Waals surface area contributed by atoms with Crippen LogP contribution in [-0.2, 0) is 4.79 Å². The molecule has 0 radical (unpaired) electrons. The number of benzene rings is 1. The first-order valence-corrected chi connectivity index (χ1v) is 8.75. The van der Waals surface area contributed by atoms with Gasteiger partial charge in [-0.3, -0.25) is 9.69 Å². The first kappa shape index (κ1) is 16.3. The van der Waals surface area contributed by atoms with Crippen LogP contribution in [0.4, 0.5) is 5.69 Å². The number of rotatable bonds is 3. The molecule has 5 heteroatoms. The molecule has 1 amide bonds. The lowest BCUT2D eigenvalue weighted by atomic mass is 9.75. The second-order valence-electron chi connectivity index (χ2n) is 6.68. The van der Waals surface area contributed by atoms with Gasteiger partial charge in [-0.25, -0.2) is 0 Å². The normalized spacial score (nSPS) is 24.5. The number of nitriles is 1. The minimum Gasteiger partial charge on any atom is -0.325 e. The summed E-state index contributed by atoms with van der Waals surface area (Å²) < 4.78 is 0. The Labute approximate surface area is 142 Å². The van der Waals surface area contributed by atoms with Crippen molar-refractivity contribution in [1.29, 1.82) is 5.26 Å². The Morgan fingerprint density at radius 2 is 2.09 bits per heavy atom. The molecule has 1 aromatic carbocycles. The number of carbonyl (C=O) groups is 1. The number of carbonyl (C=O) groups excluding carboxylic acids is 1. The van der Waals surface area contributed by atoms with Gasteiger partial charge in [0.25, 0.3) is 0 Å². The molecule has 2 aliphatic rings. The number of hydrogen-bond donors (Lipinski definition) is 1. The molecule has 3 rings (SSSR count). The highest BCUT2D eigenvalue weighted by atomic mass is 35.5. The number of fused-ring (bicyclic) bond motifs is 1. The summed E-state index contributed by atoms with van der Waals surface area (Å²) in [6.45, 7) is 2.50.